The number of tetrazole rings is 1. The molecule has 5 nitrogen and oxygen atoms in total. The van der Waals surface area contributed by atoms with Crippen LogP contribution >= 0.6 is 22.9 Å². The molecule has 0 saturated carbocycles. The number of thiophene rings is 1. The maximum Gasteiger partial charge on any atom is 0.248 e. The number of nitrogens with zero attached hydrogens (tertiary/aromatic N) is 4. The normalized spacial score (nSPS) is 17.0. The summed E-state index contributed by atoms with van der Waals surface area (Å²) in [4.78, 5) is 1.16. The van der Waals surface area contributed by atoms with E-state index in [1.807, 2.05) is 35.7 Å². The average molecular weight is 316 g/mol. The van der Waals surface area contributed by atoms with E-state index in [1.54, 1.807) is 16.0 Å². The molecule has 0 spiro atoms. The van der Waals surface area contributed by atoms with Crippen molar-refractivity contribution in [3.63, 3.8) is 0 Å². The summed E-state index contributed by atoms with van der Waals surface area (Å²) in [5.74, 6) is 0.640. The second-order valence-electron chi connectivity index (χ2n) is 4.63. The highest BCUT2D eigenvalue weighted by molar-refractivity contribution is 7.11. The van der Waals surface area contributed by atoms with Crippen LogP contribution in [-0.4, -0.2) is 20.2 Å². The van der Waals surface area contributed by atoms with Crippen molar-refractivity contribution in [2.45, 2.75) is 6.04 Å². The number of halogens is 1. The molecule has 0 aliphatic carbocycles. The van der Waals surface area contributed by atoms with Gasteiger partial charge in [-0.2, -0.15) is 4.68 Å². The standard InChI is InChI=1S/C14H10ClN5S/c15-10-5-3-9(4-6-10)12-8-11(13-2-1-7-21-13)16-14-17-18-19-20(12)14/h1-8,12H,(H,16,17,19)/t12-/m1/s1. The van der Waals surface area contributed by atoms with Gasteiger partial charge in [-0.3, -0.25) is 0 Å². The van der Waals surface area contributed by atoms with Gasteiger partial charge in [-0.25, -0.2) is 0 Å². The minimum absolute atomic E-state index is 0.0504. The van der Waals surface area contributed by atoms with Gasteiger partial charge in [0.05, 0.1) is 10.6 Å². The molecule has 4 rings (SSSR count). The van der Waals surface area contributed by atoms with Gasteiger partial charge in [-0.15, -0.1) is 11.3 Å². The molecule has 2 aromatic heterocycles. The topological polar surface area (TPSA) is 55.6 Å². The summed E-state index contributed by atoms with van der Waals surface area (Å²) >= 11 is 7.64. The van der Waals surface area contributed by atoms with Crippen LogP contribution < -0.4 is 5.32 Å². The Balaban J connectivity index is 1.82. The molecule has 7 heteroatoms. The molecule has 1 N–H and O–H groups in total. The average Bonchev–Trinajstić information content (AvgIpc) is 3.18. The van der Waals surface area contributed by atoms with Crippen molar-refractivity contribution < 1.29 is 0 Å². The number of hydrogen-bond donors (Lipinski definition) is 1. The van der Waals surface area contributed by atoms with E-state index in [-0.39, 0.29) is 6.04 Å². The maximum absolute atomic E-state index is 5.97. The lowest BCUT2D eigenvalue weighted by atomic mass is 10.0. The van der Waals surface area contributed by atoms with Crippen molar-refractivity contribution in [1.82, 2.24) is 20.2 Å². The highest BCUT2D eigenvalue weighted by atomic mass is 35.5. The van der Waals surface area contributed by atoms with Crippen molar-refractivity contribution in [1.29, 1.82) is 0 Å². The number of hydrogen-bond acceptors (Lipinski definition) is 5. The summed E-state index contributed by atoms with van der Waals surface area (Å²) in [6.45, 7) is 0. The van der Waals surface area contributed by atoms with Gasteiger partial charge in [0.2, 0.25) is 5.95 Å². The molecule has 3 aromatic rings. The Kier molecular flexibility index (Phi) is 2.98. The lowest BCUT2D eigenvalue weighted by molar-refractivity contribution is 0.586. The minimum Gasteiger partial charge on any atom is -0.322 e. The molecular weight excluding hydrogens is 306 g/mol. The van der Waals surface area contributed by atoms with Crippen LogP contribution in [0.5, 0.6) is 0 Å². The smallest absolute Gasteiger partial charge is 0.248 e. The monoisotopic (exact) mass is 315 g/mol. The maximum atomic E-state index is 5.97. The fourth-order valence-corrected chi connectivity index (χ4v) is 3.16. The van der Waals surface area contributed by atoms with Gasteiger partial charge < -0.3 is 5.32 Å². The first-order valence-electron chi connectivity index (χ1n) is 6.37. The Bertz CT molecular complexity index is 791. The molecular formula is C14H10ClN5S. The summed E-state index contributed by atoms with van der Waals surface area (Å²) in [6.07, 6.45) is 2.12. The van der Waals surface area contributed by atoms with Crippen molar-refractivity contribution >= 4 is 34.6 Å². The molecule has 0 saturated heterocycles. The summed E-state index contributed by atoms with van der Waals surface area (Å²) in [7, 11) is 0. The molecule has 1 aliphatic heterocycles. The number of aromatic nitrogens is 4. The Morgan fingerprint density at radius 1 is 1.19 bits per heavy atom. The summed E-state index contributed by atoms with van der Waals surface area (Å²) in [6, 6.07) is 11.8. The minimum atomic E-state index is -0.0504. The largest absolute Gasteiger partial charge is 0.322 e. The van der Waals surface area contributed by atoms with Gasteiger partial charge in [0, 0.05) is 5.02 Å². The number of rotatable bonds is 2. The first-order valence-corrected chi connectivity index (χ1v) is 7.63. The zero-order chi connectivity index (χ0) is 14.2. The zero-order valence-corrected chi connectivity index (χ0v) is 12.3. The second kappa shape index (κ2) is 4.98. The zero-order valence-electron chi connectivity index (χ0n) is 10.8. The number of allylic oxidation sites excluding steroid dienone is 1. The van der Waals surface area contributed by atoms with Crippen LogP contribution in [0.1, 0.15) is 16.5 Å². The van der Waals surface area contributed by atoms with Gasteiger partial charge in [-0.1, -0.05) is 34.9 Å². The van der Waals surface area contributed by atoms with Gasteiger partial charge in [0.1, 0.15) is 6.04 Å². The fraction of sp³-hybridized carbons (Fsp3) is 0.0714. The highest BCUT2D eigenvalue weighted by Crippen LogP contribution is 2.33. The number of nitrogens with one attached hydrogen (secondary N) is 1. The van der Waals surface area contributed by atoms with E-state index in [0.29, 0.717) is 11.0 Å². The first kappa shape index (κ1) is 12.6. The van der Waals surface area contributed by atoms with Crippen LogP contribution in [0.3, 0.4) is 0 Å². The van der Waals surface area contributed by atoms with Gasteiger partial charge in [0.25, 0.3) is 0 Å². The van der Waals surface area contributed by atoms with Crippen LogP contribution in [0.2, 0.25) is 5.02 Å². The molecule has 0 amide bonds. The predicted octanol–water partition coefficient (Wildman–Crippen LogP) is 3.44. The van der Waals surface area contributed by atoms with E-state index in [9.17, 15) is 0 Å². The Morgan fingerprint density at radius 2 is 2.05 bits per heavy atom. The second-order valence-corrected chi connectivity index (χ2v) is 6.01. The van der Waals surface area contributed by atoms with Crippen molar-refractivity contribution in [2.75, 3.05) is 5.32 Å². The number of benzene rings is 1. The highest BCUT2D eigenvalue weighted by Gasteiger charge is 2.24. The molecule has 0 bridgehead atoms. The number of fused-ring (bicyclic) bond motifs is 1. The quantitative estimate of drug-likeness (QED) is 0.787. The molecule has 1 aromatic carbocycles. The van der Waals surface area contributed by atoms with Crippen LogP contribution in [0.4, 0.5) is 5.95 Å². The fourth-order valence-electron chi connectivity index (χ4n) is 2.33. The summed E-state index contributed by atoms with van der Waals surface area (Å²) in [5.41, 5.74) is 2.11. The van der Waals surface area contributed by atoms with Crippen LogP contribution in [0.25, 0.3) is 5.70 Å². The summed E-state index contributed by atoms with van der Waals surface area (Å²) < 4.78 is 1.76. The van der Waals surface area contributed by atoms with Gasteiger partial charge >= 0.3 is 0 Å². The number of anilines is 1. The summed E-state index contributed by atoms with van der Waals surface area (Å²) in [5, 5.41) is 17.9. The van der Waals surface area contributed by atoms with E-state index < -0.39 is 0 Å². The molecule has 0 fully saturated rings. The van der Waals surface area contributed by atoms with E-state index in [2.05, 4.69) is 33.0 Å². The van der Waals surface area contributed by atoms with E-state index in [1.165, 1.54) is 0 Å². The van der Waals surface area contributed by atoms with Crippen molar-refractivity contribution in [3.05, 3.63) is 63.3 Å². The lowest BCUT2D eigenvalue weighted by Gasteiger charge is -2.22. The van der Waals surface area contributed by atoms with Crippen molar-refractivity contribution in [2.24, 2.45) is 0 Å². The van der Waals surface area contributed by atoms with E-state index in [4.69, 9.17) is 11.6 Å². The van der Waals surface area contributed by atoms with Crippen LogP contribution in [0.15, 0.2) is 47.9 Å². The Hall–Kier alpha value is -2.18. The molecule has 3 heterocycles. The SMILES string of the molecule is Clc1ccc([C@H]2C=C(c3cccs3)Nc3nnnn32)cc1. The third kappa shape index (κ3) is 2.22. The Labute approximate surface area is 129 Å². The van der Waals surface area contributed by atoms with Gasteiger partial charge in [0.15, 0.2) is 0 Å². The molecule has 1 aliphatic rings. The molecule has 0 unspecified atom stereocenters. The Morgan fingerprint density at radius 3 is 2.81 bits per heavy atom. The van der Waals surface area contributed by atoms with Gasteiger partial charge in [-0.05, 0) is 45.6 Å². The third-order valence-corrected chi connectivity index (χ3v) is 4.48. The molecule has 104 valence electrons. The van der Waals surface area contributed by atoms with Crippen LogP contribution in [-0.2, 0) is 0 Å². The van der Waals surface area contributed by atoms with E-state index in [0.717, 1.165) is 16.1 Å². The van der Waals surface area contributed by atoms with E-state index >= 15 is 0 Å². The predicted molar refractivity (Wildman–Crippen MR) is 83.3 cm³/mol. The van der Waals surface area contributed by atoms with Crippen molar-refractivity contribution in [3.8, 4) is 0 Å². The lowest BCUT2D eigenvalue weighted by Crippen LogP contribution is -2.19. The molecule has 21 heavy (non-hydrogen) atoms. The first-order chi connectivity index (χ1) is 10.3. The molecule has 0 radical (unpaired) electrons. The third-order valence-electron chi connectivity index (χ3n) is 3.33. The molecule has 1 atom stereocenters. The van der Waals surface area contributed by atoms with Crippen LogP contribution in [0, 0.1) is 0 Å².